The molecule has 0 saturated carbocycles. The summed E-state index contributed by atoms with van der Waals surface area (Å²) in [7, 11) is 3.97. The molecular weight excluding hydrogens is 296 g/mol. The van der Waals surface area contributed by atoms with Crippen LogP contribution in [0, 0.1) is 0 Å². The molecule has 1 N–H and O–H groups in total. The van der Waals surface area contributed by atoms with Crippen molar-refractivity contribution in [3.63, 3.8) is 0 Å². The average Bonchev–Trinajstić information content (AvgIpc) is 2.34. The smallest absolute Gasteiger partial charge is 0.233 e. The van der Waals surface area contributed by atoms with Gasteiger partial charge in [0, 0.05) is 25.8 Å². The summed E-state index contributed by atoms with van der Waals surface area (Å²) < 4.78 is 5.57. The monoisotopic (exact) mass is 314 g/mol. The number of hydrogen-bond donors (Lipinski definition) is 1. The number of ether oxygens (including phenoxy) is 1. The standard InChI is InChI=1S/C13H19BrN2O2/c1-10(14)13(17)15-7-8-18-12-6-4-5-11(9-12)16(2)3/h4-6,9-10H,7-8H2,1-3H3,(H,15,17). The van der Waals surface area contributed by atoms with E-state index in [1.54, 1.807) is 6.92 Å². The van der Waals surface area contributed by atoms with Crippen LogP contribution in [0.2, 0.25) is 0 Å². The molecule has 0 fully saturated rings. The molecule has 0 saturated heterocycles. The second kappa shape index (κ2) is 7.26. The van der Waals surface area contributed by atoms with Crippen LogP contribution in [0.5, 0.6) is 5.75 Å². The number of nitrogens with one attached hydrogen (secondary N) is 1. The Hall–Kier alpha value is -1.23. The first-order valence-electron chi connectivity index (χ1n) is 5.82. The molecule has 0 aliphatic rings. The van der Waals surface area contributed by atoms with Gasteiger partial charge in [-0.2, -0.15) is 0 Å². The van der Waals surface area contributed by atoms with Gasteiger partial charge in [-0.05, 0) is 19.1 Å². The highest BCUT2D eigenvalue weighted by atomic mass is 79.9. The van der Waals surface area contributed by atoms with Crippen LogP contribution in [0.3, 0.4) is 0 Å². The van der Waals surface area contributed by atoms with E-state index in [1.165, 1.54) is 0 Å². The van der Waals surface area contributed by atoms with Gasteiger partial charge in [0.1, 0.15) is 12.4 Å². The Labute approximate surface area is 116 Å². The van der Waals surface area contributed by atoms with Crippen LogP contribution in [0.1, 0.15) is 6.92 Å². The van der Waals surface area contributed by atoms with Crippen LogP contribution in [0.15, 0.2) is 24.3 Å². The van der Waals surface area contributed by atoms with E-state index in [1.807, 2.05) is 43.3 Å². The summed E-state index contributed by atoms with van der Waals surface area (Å²) in [6.45, 7) is 2.75. The van der Waals surface area contributed by atoms with E-state index >= 15 is 0 Å². The number of carbonyl (C=O) groups is 1. The Morgan fingerprint density at radius 1 is 1.50 bits per heavy atom. The average molecular weight is 315 g/mol. The molecule has 0 spiro atoms. The van der Waals surface area contributed by atoms with E-state index < -0.39 is 0 Å². The lowest BCUT2D eigenvalue weighted by molar-refractivity contribution is -0.120. The number of anilines is 1. The van der Waals surface area contributed by atoms with Crippen molar-refractivity contribution in [2.24, 2.45) is 0 Å². The largest absolute Gasteiger partial charge is 0.492 e. The zero-order valence-corrected chi connectivity index (χ0v) is 12.5. The second-order valence-corrected chi connectivity index (χ2v) is 5.52. The summed E-state index contributed by atoms with van der Waals surface area (Å²) in [6, 6.07) is 7.84. The van der Waals surface area contributed by atoms with E-state index in [9.17, 15) is 4.79 Å². The maximum atomic E-state index is 11.3. The van der Waals surface area contributed by atoms with Crippen LogP contribution < -0.4 is 15.0 Å². The van der Waals surface area contributed by atoms with Crippen molar-refractivity contribution in [3.05, 3.63) is 24.3 Å². The summed E-state index contributed by atoms with van der Waals surface area (Å²) in [5.74, 6) is 0.781. The number of carbonyl (C=O) groups excluding carboxylic acids is 1. The van der Waals surface area contributed by atoms with Crippen molar-refractivity contribution in [1.29, 1.82) is 0 Å². The summed E-state index contributed by atoms with van der Waals surface area (Å²) in [5, 5.41) is 2.77. The Bertz CT molecular complexity index is 394. The third-order valence-corrected chi connectivity index (χ3v) is 2.78. The Morgan fingerprint density at radius 2 is 2.22 bits per heavy atom. The van der Waals surface area contributed by atoms with Gasteiger partial charge in [-0.3, -0.25) is 4.79 Å². The van der Waals surface area contributed by atoms with Crippen LogP contribution in [-0.2, 0) is 4.79 Å². The normalized spacial score (nSPS) is 11.8. The van der Waals surface area contributed by atoms with Crippen molar-refractivity contribution in [2.75, 3.05) is 32.1 Å². The molecule has 0 aliphatic heterocycles. The molecule has 1 unspecified atom stereocenters. The molecule has 0 aromatic heterocycles. The van der Waals surface area contributed by atoms with Crippen molar-refractivity contribution in [1.82, 2.24) is 5.32 Å². The number of benzene rings is 1. The van der Waals surface area contributed by atoms with Gasteiger partial charge in [-0.15, -0.1) is 0 Å². The van der Waals surface area contributed by atoms with Crippen molar-refractivity contribution in [2.45, 2.75) is 11.8 Å². The number of nitrogens with zero attached hydrogens (tertiary/aromatic N) is 1. The van der Waals surface area contributed by atoms with Crippen molar-refractivity contribution < 1.29 is 9.53 Å². The van der Waals surface area contributed by atoms with Gasteiger partial charge in [0.25, 0.3) is 0 Å². The molecule has 0 heterocycles. The lowest BCUT2D eigenvalue weighted by Gasteiger charge is -2.14. The highest BCUT2D eigenvalue weighted by Gasteiger charge is 2.06. The topological polar surface area (TPSA) is 41.6 Å². The number of halogens is 1. The molecule has 0 bridgehead atoms. The third kappa shape index (κ3) is 4.96. The predicted octanol–water partition coefficient (Wildman–Crippen LogP) is 2.03. The minimum atomic E-state index is -0.172. The molecule has 18 heavy (non-hydrogen) atoms. The molecule has 1 aromatic carbocycles. The third-order valence-electron chi connectivity index (χ3n) is 2.37. The van der Waals surface area contributed by atoms with Crippen LogP contribution in [0.4, 0.5) is 5.69 Å². The van der Waals surface area contributed by atoms with E-state index in [0.717, 1.165) is 11.4 Å². The lowest BCUT2D eigenvalue weighted by atomic mass is 10.3. The zero-order chi connectivity index (χ0) is 13.5. The number of alkyl halides is 1. The highest BCUT2D eigenvalue weighted by molar-refractivity contribution is 9.10. The van der Waals surface area contributed by atoms with Gasteiger partial charge in [-0.25, -0.2) is 0 Å². The van der Waals surface area contributed by atoms with Crippen LogP contribution in [0.25, 0.3) is 0 Å². The fourth-order valence-corrected chi connectivity index (χ4v) is 1.50. The SMILES string of the molecule is CC(Br)C(=O)NCCOc1cccc(N(C)C)c1. The first kappa shape index (κ1) is 14.8. The van der Waals surface area contributed by atoms with E-state index in [4.69, 9.17) is 4.74 Å². The van der Waals surface area contributed by atoms with Gasteiger partial charge < -0.3 is 15.0 Å². The molecule has 0 aliphatic carbocycles. The molecular formula is C13H19BrN2O2. The Kier molecular flexibility index (Phi) is 5.98. The maximum absolute atomic E-state index is 11.3. The summed E-state index contributed by atoms with van der Waals surface area (Å²) in [5.41, 5.74) is 1.09. The van der Waals surface area contributed by atoms with E-state index in [2.05, 4.69) is 21.2 Å². The number of rotatable bonds is 6. The van der Waals surface area contributed by atoms with E-state index in [-0.39, 0.29) is 10.7 Å². The van der Waals surface area contributed by atoms with Crippen molar-refractivity contribution >= 4 is 27.5 Å². The Balaban J connectivity index is 2.35. The summed E-state index contributed by atoms with van der Waals surface area (Å²) >= 11 is 3.20. The second-order valence-electron chi connectivity index (χ2n) is 4.15. The van der Waals surface area contributed by atoms with Gasteiger partial charge >= 0.3 is 0 Å². The van der Waals surface area contributed by atoms with Gasteiger partial charge in [0.15, 0.2) is 0 Å². The molecule has 1 atom stereocenters. The molecule has 1 aromatic rings. The van der Waals surface area contributed by atoms with Gasteiger partial charge in [0.05, 0.1) is 11.4 Å². The quantitative estimate of drug-likeness (QED) is 0.645. The Morgan fingerprint density at radius 3 is 2.83 bits per heavy atom. The van der Waals surface area contributed by atoms with Crippen LogP contribution in [-0.4, -0.2) is 38.0 Å². The first-order chi connectivity index (χ1) is 8.50. The van der Waals surface area contributed by atoms with Gasteiger partial charge in [-0.1, -0.05) is 22.0 Å². The fourth-order valence-electron chi connectivity index (χ4n) is 1.34. The van der Waals surface area contributed by atoms with Crippen molar-refractivity contribution in [3.8, 4) is 5.75 Å². The molecule has 1 rings (SSSR count). The zero-order valence-electron chi connectivity index (χ0n) is 10.9. The predicted molar refractivity (Wildman–Crippen MR) is 77.7 cm³/mol. The molecule has 5 heteroatoms. The van der Waals surface area contributed by atoms with Gasteiger partial charge in [0.2, 0.25) is 5.91 Å². The van der Waals surface area contributed by atoms with E-state index in [0.29, 0.717) is 13.2 Å². The minimum Gasteiger partial charge on any atom is -0.492 e. The first-order valence-corrected chi connectivity index (χ1v) is 6.74. The molecule has 4 nitrogen and oxygen atoms in total. The highest BCUT2D eigenvalue weighted by Crippen LogP contribution is 2.18. The lowest BCUT2D eigenvalue weighted by Crippen LogP contribution is -2.32. The molecule has 1 amide bonds. The number of hydrogen-bond acceptors (Lipinski definition) is 3. The summed E-state index contributed by atoms with van der Waals surface area (Å²) in [6.07, 6.45) is 0. The molecule has 0 radical (unpaired) electrons. The number of amides is 1. The molecule has 100 valence electrons. The maximum Gasteiger partial charge on any atom is 0.233 e. The van der Waals surface area contributed by atoms with Crippen LogP contribution >= 0.6 is 15.9 Å². The minimum absolute atomic E-state index is 0.0272. The summed E-state index contributed by atoms with van der Waals surface area (Å²) in [4.78, 5) is 13.1. The fraction of sp³-hybridized carbons (Fsp3) is 0.462.